The molecule has 1 aromatic carbocycles. The summed E-state index contributed by atoms with van der Waals surface area (Å²) in [6, 6.07) is 5.98. The summed E-state index contributed by atoms with van der Waals surface area (Å²) in [6.07, 6.45) is 1.27. The van der Waals surface area contributed by atoms with Crippen LogP contribution in [0.2, 0.25) is 5.02 Å². The molecule has 4 nitrogen and oxygen atoms in total. The molecule has 1 N–H and O–H groups in total. The molecule has 0 aliphatic rings. The standard InChI is InChI=1S/C14H15ClN2O2/c1-8(2)10-5-4-9(3)11(6-10)19-14-12(15)13(18)16-7-17-14/h4-8H,1-3H3,(H,16,17,18). The van der Waals surface area contributed by atoms with Crippen molar-refractivity contribution >= 4 is 11.6 Å². The van der Waals surface area contributed by atoms with Crippen LogP contribution >= 0.6 is 11.6 Å². The predicted molar refractivity (Wildman–Crippen MR) is 75.2 cm³/mol. The van der Waals surface area contributed by atoms with E-state index in [-0.39, 0.29) is 10.9 Å². The van der Waals surface area contributed by atoms with Gasteiger partial charge in [0.15, 0.2) is 5.02 Å². The van der Waals surface area contributed by atoms with E-state index in [1.54, 1.807) is 0 Å². The molecule has 1 aromatic heterocycles. The largest absolute Gasteiger partial charge is 0.437 e. The Morgan fingerprint density at radius 1 is 1.37 bits per heavy atom. The van der Waals surface area contributed by atoms with Gasteiger partial charge in [-0.25, -0.2) is 4.98 Å². The highest BCUT2D eigenvalue weighted by Crippen LogP contribution is 2.29. The number of benzene rings is 1. The highest BCUT2D eigenvalue weighted by molar-refractivity contribution is 6.31. The lowest BCUT2D eigenvalue weighted by Gasteiger charge is -2.12. The molecule has 0 radical (unpaired) electrons. The number of H-pyrrole nitrogens is 1. The average Bonchev–Trinajstić information content (AvgIpc) is 2.37. The average molecular weight is 279 g/mol. The van der Waals surface area contributed by atoms with Crippen molar-refractivity contribution < 1.29 is 4.74 Å². The molecule has 19 heavy (non-hydrogen) atoms. The number of hydrogen-bond acceptors (Lipinski definition) is 3. The number of aromatic nitrogens is 2. The van der Waals surface area contributed by atoms with Gasteiger partial charge >= 0.3 is 0 Å². The molecule has 0 aliphatic carbocycles. The monoisotopic (exact) mass is 278 g/mol. The number of hydrogen-bond donors (Lipinski definition) is 1. The van der Waals surface area contributed by atoms with Gasteiger partial charge in [0.2, 0.25) is 5.88 Å². The van der Waals surface area contributed by atoms with E-state index >= 15 is 0 Å². The lowest BCUT2D eigenvalue weighted by atomic mass is 10.0. The Labute approximate surface area is 116 Å². The van der Waals surface area contributed by atoms with Crippen molar-refractivity contribution in [2.24, 2.45) is 0 Å². The van der Waals surface area contributed by atoms with Crippen LogP contribution in [0.4, 0.5) is 0 Å². The maximum absolute atomic E-state index is 11.4. The maximum atomic E-state index is 11.4. The van der Waals surface area contributed by atoms with E-state index in [9.17, 15) is 4.79 Å². The molecule has 0 saturated heterocycles. The molecule has 100 valence electrons. The fraction of sp³-hybridized carbons (Fsp3) is 0.286. The van der Waals surface area contributed by atoms with Crippen LogP contribution < -0.4 is 10.3 Å². The van der Waals surface area contributed by atoms with Gasteiger partial charge in [-0.1, -0.05) is 37.6 Å². The second kappa shape index (κ2) is 5.45. The van der Waals surface area contributed by atoms with E-state index in [2.05, 4.69) is 29.9 Å². The molecule has 2 aromatic rings. The van der Waals surface area contributed by atoms with Crippen LogP contribution in [0.25, 0.3) is 0 Å². The van der Waals surface area contributed by atoms with E-state index in [0.717, 1.165) is 11.1 Å². The lowest BCUT2D eigenvalue weighted by molar-refractivity contribution is 0.456. The second-order valence-corrected chi connectivity index (χ2v) is 5.01. The summed E-state index contributed by atoms with van der Waals surface area (Å²) in [5, 5.41) is -0.0446. The Bertz CT molecular complexity index is 650. The first kappa shape index (κ1) is 13.6. The normalized spacial score (nSPS) is 10.8. The highest BCUT2D eigenvalue weighted by Gasteiger charge is 2.11. The molecule has 0 atom stereocenters. The summed E-state index contributed by atoms with van der Waals surface area (Å²) < 4.78 is 5.65. The zero-order valence-electron chi connectivity index (χ0n) is 11.0. The minimum atomic E-state index is -0.413. The minimum absolute atomic E-state index is 0.0446. The van der Waals surface area contributed by atoms with E-state index in [0.29, 0.717) is 11.7 Å². The SMILES string of the molecule is Cc1ccc(C(C)C)cc1Oc1nc[nH]c(=O)c1Cl. The summed E-state index contributed by atoms with van der Waals surface area (Å²) in [6.45, 7) is 6.14. The number of nitrogens with one attached hydrogen (secondary N) is 1. The van der Waals surface area contributed by atoms with Crippen LogP contribution in [0.15, 0.2) is 29.3 Å². The Balaban J connectivity index is 2.40. The number of ether oxygens (including phenoxy) is 1. The third-order valence-electron chi connectivity index (χ3n) is 2.85. The fourth-order valence-electron chi connectivity index (χ4n) is 1.63. The van der Waals surface area contributed by atoms with Crippen molar-refractivity contribution in [2.45, 2.75) is 26.7 Å². The molecule has 1 heterocycles. The molecular weight excluding hydrogens is 264 g/mol. The van der Waals surface area contributed by atoms with Crippen molar-refractivity contribution in [3.8, 4) is 11.6 Å². The summed E-state index contributed by atoms with van der Waals surface area (Å²) in [7, 11) is 0. The van der Waals surface area contributed by atoms with Gasteiger partial charge in [-0.2, -0.15) is 0 Å². The third-order valence-corrected chi connectivity index (χ3v) is 3.18. The molecule has 0 aliphatic heterocycles. The number of aryl methyl sites for hydroxylation is 1. The van der Waals surface area contributed by atoms with Gasteiger partial charge < -0.3 is 9.72 Å². The zero-order valence-corrected chi connectivity index (χ0v) is 11.8. The first-order valence-electron chi connectivity index (χ1n) is 6.00. The van der Waals surface area contributed by atoms with Gasteiger partial charge in [-0.3, -0.25) is 4.79 Å². The minimum Gasteiger partial charge on any atom is -0.437 e. The Kier molecular flexibility index (Phi) is 3.90. The third kappa shape index (κ3) is 2.96. The lowest BCUT2D eigenvalue weighted by Crippen LogP contribution is -2.08. The maximum Gasteiger partial charge on any atom is 0.273 e. The first-order valence-corrected chi connectivity index (χ1v) is 6.38. The Morgan fingerprint density at radius 3 is 2.79 bits per heavy atom. The fourth-order valence-corrected chi connectivity index (χ4v) is 1.77. The number of aromatic amines is 1. The quantitative estimate of drug-likeness (QED) is 0.932. The molecule has 0 saturated carbocycles. The summed E-state index contributed by atoms with van der Waals surface area (Å²) in [5.74, 6) is 1.17. The zero-order chi connectivity index (χ0) is 14.0. The summed E-state index contributed by atoms with van der Waals surface area (Å²) >= 11 is 5.87. The first-order chi connectivity index (χ1) is 8.99. The highest BCUT2D eigenvalue weighted by atomic mass is 35.5. The molecule has 0 bridgehead atoms. The van der Waals surface area contributed by atoms with Gasteiger partial charge in [-0.15, -0.1) is 0 Å². The molecule has 5 heteroatoms. The summed E-state index contributed by atoms with van der Waals surface area (Å²) in [4.78, 5) is 17.7. The van der Waals surface area contributed by atoms with Crippen LogP contribution in [0.5, 0.6) is 11.6 Å². The molecule has 0 spiro atoms. The van der Waals surface area contributed by atoms with Gasteiger partial charge in [0.1, 0.15) is 5.75 Å². The van der Waals surface area contributed by atoms with Crippen molar-refractivity contribution in [2.75, 3.05) is 0 Å². The van der Waals surface area contributed by atoms with Gasteiger partial charge in [0.05, 0.1) is 6.33 Å². The van der Waals surface area contributed by atoms with Gasteiger partial charge in [-0.05, 0) is 30.0 Å². The van der Waals surface area contributed by atoms with E-state index in [1.165, 1.54) is 6.33 Å². The van der Waals surface area contributed by atoms with E-state index in [1.807, 2.05) is 19.1 Å². The van der Waals surface area contributed by atoms with Crippen LogP contribution in [0.1, 0.15) is 30.9 Å². The number of halogens is 1. The van der Waals surface area contributed by atoms with Gasteiger partial charge in [0, 0.05) is 0 Å². The van der Waals surface area contributed by atoms with Crippen molar-refractivity contribution in [1.82, 2.24) is 9.97 Å². The second-order valence-electron chi connectivity index (χ2n) is 4.63. The molecule has 0 amide bonds. The predicted octanol–water partition coefficient (Wildman–Crippen LogP) is 3.65. The Morgan fingerprint density at radius 2 is 2.11 bits per heavy atom. The summed E-state index contributed by atoms with van der Waals surface area (Å²) in [5.41, 5.74) is 1.70. The molecular formula is C14H15ClN2O2. The molecule has 0 unspecified atom stereocenters. The number of nitrogens with zero attached hydrogens (tertiary/aromatic N) is 1. The van der Waals surface area contributed by atoms with Gasteiger partial charge in [0.25, 0.3) is 5.56 Å². The topological polar surface area (TPSA) is 55.0 Å². The van der Waals surface area contributed by atoms with Crippen LogP contribution in [0, 0.1) is 6.92 Å². The van der Waals surface area contributed by atoms with Crippen LogP contribution in [0.3, 0.4) is 0 Å². The van der Waals surface area contributed by atoms with Crippen LogP contribution in [-0.4, -0.2) is 9.97 Å². The smallest absolute Gasteiger partial charge is 0.273 e. The van der Waals surface area contributed by atoms with E-state index in [4.69, 9.17) is 16.3 Å². The molecule has 2 rings (SSSR count). The van der Waals surface area contributed by atoms with Crippen LogP contribution in [-0.2, 0) is 0 Å². The van der Waals surface area contributed by atoms with Crippen molar-refractivity contribution in [3.05, 3.63) is 51.0 Å². The Hall–Kier alpha value is -1.81. The van der Waals surface area contributed by atoms with E-state index < -0.39 is 5.56 Å². The molecule has 0 fully saturated rings. The van der Waals surface area contributed by atoms with Crippen molar-refractivity contribution in [3.63, 3.8) is 0 Å². The number of rotatable bonds is 3. The van der Waals surface area contributed by atoms with Crippen molar-refractivity contribution in [1.29, 1.82) is 0 Å².